The summed E-state index contributed by atoms with van der Waals surface area (Å²) in [4.78, 5) is 22.0. The van der Waals surface area contributed by atoms with Gasteiger partial charge < -0.3 is 19.9 Å². The molecule has 8 heteroatoms. The van der Waals surface area contributed by atoms with Gasteiger partial charge in [0.15, 0.2) is 0 Å². The molecule has 2 N–H and O–H groups in total. The minimum absolute atomic E-state index is 0.00951. The Bertz CT molecular complexity index is 745. The Morgan fingerprint density at radius 2 is 1.88 bits per heavy atom. The Morgan fingerprint density at radius 1 is 1.20 bits per heavy atom. The normalized spacial score (nSPS) is 10.1. The van der Waals surface area contributed by atoms with Crippen molar-refractivity contribution in [2.75, 3.05) is 19.0 Å². The highest BCUT2D eigenvalue weighted by Crippen LogP contribution is 2.28. The van der Waals surface area contributed by atoms with Crippen LogP contribution in [0.5, 0.6) is 17.2 Å². The van der Waals surface area contributed by atoms with Gasteiger partial charge in [-0.05, 0) is 36.8 Å². The van der Waals surface area contributed by atoms with Crippen LogP contribution >= 0.6 is 0 Å². The molecule has 0 radical (unpaired) electrons. The summed E-state index contributed by atoms with van der Waals surface area (Å²) in [5, 5.41) is 22.8. The fourth-order valence-electron chi connectivity index (χ4n) is 2.05. The second-order valence-corrected chi connectivity index (χ2v) is 5.13. The number of non-ortho nitro benzene ring substituents is 1. The third kappa shape index (κ3) is 5.38. The number of hydrogen-bond donors (Lipinski definition) is 2. The van der Waals surface area contributed by atoms with Crippen LogP contribution in [0, 0.1) is 10.1 Å². The summed E-state index contributed by atoms with van der Waals surface area (Å²) >= 11 is 0. The van der Waals surface area contributed by atoms with Crippen molar-refractivity contribution >= 4 is 17.3 Å². The number of nitrogens with zero attached hydrogens (tertiary/aromatic N) is 1. The highest BCUT2D eigenvalue weighted by atomic mass is 16.6. The fourth-order valence-corrected chi connectivity index (χ4v) is 2.05. The Hall–Kier alpha value is -3.29. The molecule has 0 heterocycles. The van der Waals surface area contributed by atoms with E-state index in [4.69, 9.17) is 9.47 Å². The van der Waals surface area contributed by atoms with Crippen LogP contribution in [0.2, 0.25) is 0 Å². The number of ether oxygens (including phenoxy) is 2. The Kier molecular flexibility index (Phi) is 6.16. The maximum Gasteiger partial charge on any atom is 0.271 e. The first-order chi connectivity index (χ1) is 12.0. The van der Waals surface area contributed by atoms with Gasteiger partial charge in [0.05, 0.1) is 24.3 Å². The lowest BCUT2D eigenvalue weighted by Crippen LogP contribution is -2.13. The molecule has 2 aromatic carbocycles. The van der Waals surface area contributed by atoms with Gasteiger partial charge in [0.25, 0.3) is 5.69 Å². The molecule has 0 atom stereocenters. The van der Waals surface area contributed by atoms with Gasteiger partial charge in [0.2, 0.25) is 5.91 Å². The molecule has 8 nitrogen and oxygen atoms in total. The standard InChI is InChI=1S/C17H18N2O6/c1-24-13-5-7-14(8-6-13)25-10-2-3-17(21)18-15-11-12(19(22)23)4-9-16(15)20/h4-9,11,20H,2-3,10H2,1H3,(H,18,21). The number of hydrogen-bond acceptors (Lipinski definition) is 6. The number of carbonyl (C=O) groups excluding carboxylic acids is 1. The number of phenols is 1. The highest BCUT2D eigenvalue weighted by Gasteiger charge is 2.12. The molecule has 0 unspecified atom stereocenters. The molecular weight excluding hydrogens is 328 g/mol. The van der Waals surface area contributed by atoms with Crippen molar-refractivity contribution < 1.29 is 24.3 Å². The summed E-state index contributed by atoms with van der Waals surface area (Å²) in [6.45, 7) is 0.334. The zero-order valence-corrected chi connectivity index (χ0v) is 13.6. The van der Waals surface area contributed by atoms with E-state index in [0.29, 0.717) is 18.8 Å². The van der Waals surface area contributed by atoms with Crippen molar-refractivity contribution in [1.82, 2.24) is 0 Å². The first-order valence-corrected chi connectivity index (χ1v) is 7.53. The molecular formula is C17H18N2O6. The number of nitro groups is 1. The maximum atomic E-state index is 11.9. The molecule has 0 aromatic heterocycles. The first-order valence-electron chi connectivity index (χ1n) is 7.53. The minimum Gasteiger partial charge on any atom is -0.506 e. The van der Waals surface area contributed by atoms with E-state index < -0.39 is 4.92 Å². The molecule has 0 aliphatic heterocycles. The van der Waals surface area contributed by atoms with Crippen molar-refractivity contribution in [2.45, 2.75) is 12.8 Å². The minimum atomic E-state index is -0.599. The molecule has 1 amide bonds. The van der Waals surface area contributed by atoms with Crippen LogP contribution in [0.15, 0.2) is 42.5 Å². The summed E-state index contributed by atoms with van der Waals surface area (Å²) in [6, 6.07) is 10.5. The summed E-state index contributed by atoms with van der Waals surface area (Å²) in [7, 11) is 1.58. The van der Waals surface area contributed by atoms with E-state index in [9.17, 15) is 20.0 Å². The summed E-state index contributed by atoms with van der Waals surface area (Å²) in [5.74, 6) is 0.795. The molecule has 0 aliphatic carbocycles. The van der Waals surface area contributed by atoms with Crippen molar-refractivity contribution in [2.24, 2.45) is 0 Å². The van der Waals surface area contributed by atoms with Crippen LogP contribution in [-0.2, 0) is 4.79 Å². The first kappa shape index (κ1) is 18.1. The Labute approximate surface area is 144 Å². The van der Waals surface area contributed by atoms with Crippen molar-refractivity contribution in [3.8, 4) is 17.2 Å². The van der Waals surface area contributed by atoms with Crippen LogP contribution in [0.25, 0.3) is 0 Å². The maximum absolute atomic E-state index is 11.9. The second kappa shape index (κ2) is 8.53. The number of rotatable bonds is 8. The smallest absolute Gasteiger partial charge is 0.271 e. The van der Waals surface area contributed by atoms with Crippen LogP contribution in [0.4, 0.5) is 11.4 Å². The van der Waals surface area contributed by atoms with Crippen molar-refractivity contribution in [3.63, 3.8) is 0 Å². The van der Waals surface area contributed by atoms with Gasteiger partial charge in [-0.25, -0.2) is 0 Å². The zero-order chi connectivity index (χ0) is 18.2. The zero-order valence-electron chi connectivity index (χ0n) is 13.6. The molecule has 25 heavy (non-hydrogen) atoms. The van der Waals surface area contributed by atoms with E-state index in [2.05, 4.69) is 5.32 Å². The average Bonchev–Trinajstić information content (AvgIpc) is 2.61. The predicted molar refractivity (Wildman–Crippen MR) is 91.1 cm³/mol. The topological polar surface area (TPSA) is 111 Å². The monoisotopic (exact) mass is 346 g/mol. The van der Waals surface area contributed by atoms with E-state index in [0.717, 1.165) is 17.9 Å². The van der Waals surface area contributed by atoms with E-state index in [1.807, 2.05) is 0 Å². The number of phenolic OH excluding ortho intramolecular Hbond substituents is 1. The van der Waals surface area contributed by atoms with Gasteiger partial charge in [-0.2, -0.15) is 0 Å². The molecule has 2 aromatic rings. The van der Waals surface area contributed by atoms with E-state index >= 15 is 0 Å². The fraction of sp³-hybridized carbons (Fsp3) is 0.235. The number of anilines is 1. The third-order valence-electron chi connectivity index (χ3n) is 3.34. The van der Waals surface area contributed by atoms with Crippen LogP contribution < -0.4 is 14.8 Å². The summed E-state index contributed by atoms with van der Waals surface area (Å²) in [6.07, 6.45) is 0.603. The van der Waals surface area contributed by atoms with Crippen LogP contribution in [0.1, 0.15) is 12.8 Å². The lowest BCUT2D eigenvalue weighted by Gasteiger charge is -2.08. The van der Waals surface area contributed by atoms with Crippen LogP contribution in [-0.4, -0.2) is 29.7 Å². The number of benzene rings is 2. The van der Waals surface area contributed by atoms with Crippen LogP contribution in [0.3, 0.4) is 0 Å². The SMILES string of the molecule is COc1ccc(OCCCC(=O)Nc2cc([N+](=O)[O-])ccc2O)cc1. The van der Waals surface area contributed by atoms with Crippen molar-refractivity contribution in [1.29, 1.82) is 0 Å². The molecule has 0 spiro atoms. The Balaban J connectivity index is 1.78. The molecule has 0 aliphatic rings. The molecule has 0 fully saturated rings. The lowest BCUT2D eigenvalue weighted by atomic mass is 10.2. The lowest BCUT2D eigenvalue weighted by molar-refractivity contribution is -0.384. The van der Waals surface area contributed by atoms with Crippen molar-refractivity contribution in [3.05, 3.63) is 52.6 Å². The summed E-state index contributed by atoms with van der Waals surface area (Å²) in [5.41, 5.74) is -0.203. The molecule has 0 bridgehead atoms. The third-order valence-corrected chi connectivity index (χ3v) is 3.34. The van der Waals surface area contributed by atoms with Gasteiger partial charge in [-0.15, -0.1) is 0 Å². The van der Waals surface area contributed by atoms with Gasteiger partial charge in [0, 0.05) is 18.6 Å². The van der Waals surface area contributed by atoms with Gasteiger partial charge >= 0.3 is 0 Å². The molecule has 132 valence electrons. The van der Waals surface area contributed by atoms with Gasteiger partial charge in [-0.3, -0.25) is 14.9 Å². The van der Waals surface area contributed by atoms with E-state index in [1.165, 1.54) is 6.07 Å². The highest BCUT2D eigenvalue weighted by molar-refractivity contribution is 5.92. The second-order valence-electron chi connectivity index (χ2n) is 5.13. The predicted octanol–water partition coefficient (Wildman–Crippen LogP) is 3.11. The van der Waals surface area contributed by atoms with E-state index in [1.54, 1.807) is 31.4 Å². The molecule has 0 saturated carbocycles. The van der Waals surface area contributed by atoms with Gasteiger partial charge in [0.1, 0.15) is 17.2 Å². The summed E-state index contributed by atoms with van der Waals surface area (Å²) < 4.78 is 10.6. The average molecular weight is 346 g/mol. The quantitative estimate of drug-likeness (QED) is 0.329. The number of methoxy groups -OCH3 is 1. The van der Waals surface area contributed by atoms with Gasteiger partial charge in [-0.1, -0.05) is 0 Å². The molecule has 2 rings (SSSR count). The number of nitro benzene ring substituents is 1. The van der Waals surface area contributed by atoms with E-state index in [-0.39, 0.29) is 29.5 Å². The number of amides is 1. The molecule has 0 saturated heterocycles. The number of aromatic hydroxyl groups is 1. The largest absolute Gasteiger partial charge is 0.506 e. The number of nitrogens with one attached hydrogen (secondary N) is 1. The number of carbonyl (C=O) groups is 1. The Morgan fingerprint density at radius 3 is 2.52 bits per heavy atom.